The predicted molar refractivity (Wildman–Crippen MR) is 76.0 cm³/mol. The molecule has 1 fully saturated rings. The molecule has 0 aromatic carbocycles. The Hall–Kier alpha value is -1.40. The van der Waals surface area contributed by atoms with E-state index in [4.69, 9.17) is 10.3 Å². The van der Waals surface area contributed by atoms with Gasteiger partial charge in [-0.25, -0.2) is 0 Å². The number of amides is 1. The smallest absolute Gasteiger partial charge is 0.239 e. The molecule has 0 aliphatic carbocycles. The zero-order valence-corrected chi connectivity index (χ0v) is 12.3. The van der Waals surface area contributed by atoms with Crippen LogP contribution in [0.15, 0.2) is 10.6 Å². The van der Waals surface area contributed by atoms with Crippen molar-refractivity contribution in [2.75, 3.05) is 26.2 Å². The van der Waals surface area contributed by atoms with Gasteiger partial charge in [0.15, 0.2) is 5.76 Å². The van der Waals surface area contributed by atoms with E-state index in [0.717, 1.165) is 57.0 Å². The van der Waals surface area contributed by atoms with E-state index in [1.807, 2.05) is 24.8 Å². The molecule has 1 aromatic heterocycles. The predicted octanol–water partition coefficient (Wildman–Crippen LogP) is 0.755. The van der Waals surface area contributed by atoms with Gasteiger partial charge in [0.25, 0.3) is 0 Å². The lowest BCUT2D eigenvalue weighted by Gasteiger charge is -2.35. The first-order valence-corrected chi connectivity index (χ1v) is 7.29. The van der Waals surface area contributed by atoms with Gasteiger partial charge in [-0.3, -0.25) is 9.69 Å². The van der Waals surface area contributed by atoms with E-state index in [2.05, 4.69) is 10.1 Å². The van der Waals surface area contributed by atoms with Gasteiger partial charge < -0.3 is 15.2 Å². The number of aryl methyl sites for hydroxylation is 1. The number of carbonyl (C=O) groups excluding carboxylic acids is 1. The number of hydrogen-bond acceptors (Lipinski definition) is 5. The molecule has 1 atom stereocenters. The van der Waals surface area contributed by atoms with Crippen molar-refractivity contribution in [3.63, 3.8) is 0 Å². The summed E-state index contributed by atoms with van der Waals surface area (Å²) in [4.78, 5) is 16.3. The maximum absolute atomic E-state index is 12.1. The van der Waals surface area contributed by atoms with Crippen molar-refractivity contribution < 1.29 is 9.32 Å². The average molecular weight is 280 g/mol. The maximum Gasteiger partial charge on any atom is 0.239 e. The number of carbonyl (C=O) groups is 1. The Labute approximate surface area is 119 Å². The van der Waals surface area contributed by atoms with Crippen molar-refractivity contribution in [3.8, 4) is 0 Å². The van der Waals surface area contributed by atoms with E-state index in [1.165, 1.54) is 0 Å². The molecule has 20 heavy (non-hydrogen) atoms. The Balaban J connectivity index is 1.78. The molecule has 6 heteroatoms. The van der Waals surface area contributed by atoms with Crippen molar-refractivity contribution in [2.45, 2.75) is 39.3 Å². The lowest BCUT2D eigenvalue weighted by atomic mass is 10.1. The van der Waals surface area contributed by atoms with Crippen LogP contribution in [-0.2, 0) is 11.3 Å². The van der Waals surface area contributed by atoms with Crippen LogP contribution in [0.5, 0.6) is 0 Å². The fourth-order valence-corrected chi connectivity index (χ4v) is 2.51. The minimum absolute atomic E-state index is 0.0852. The molecule has 0 bridgehead atoms. The molecule has 0 radical (unpaired) electrons. The molecule has 1 aromatic rings. The normalized spacial score (nSPS) is 18.2. The van der Waals surface area contributed by atoms with Crippen LogP contribution < -0.4 is 5.73 Å². The molecule has 2 heterocycles. The lowest BCUT2D eigenvalue weighted by molar-refractivity contribution is -0.134. The standard InChI is InChI=1S/C14H24N4O2/c1-3-4-13(15)14(19)18-7-5-17(6-8-18)10-12-9-11(2)16-20-12/h9,13H,3-8,10,15H2,1-2H3/t13-/m0/s1. The van der Waals surface area contributed by atoms with Crippen molar-refractivity contribution >= 4 is 5.91 Å². The van der Waals surface area contributed by atoms with Crippen LogP contribution in [0.3, 0.4) is 0 Å². The highest BCUT2D eigenvalue weighted by atomic mass is 16.5. The molecule has 1 aliphatic heterocycles. The van der Waals surface area contributed by atoms with E-state index in [9.17, 15) is 4.79 Å². The molecule has 0 unspecified atom stereocenters. The fraction of sp³-hybridized carbons (Fsp3) is 0.714. The molecule has 1 aliphatic rings. The number of aromatic nitrogens is 1. The van der Waals surface area contributed by atoms with Gasteiger partial charge in [0.1, 0.15) is 0 Å². The van der Waals surface area contributed by atoms with E-state index < -0.39 is 0 Å². The van der Waals surface area contributed by atoms with Gasteiger partial charge in [0, 0.05) is 32.2 Å². The Morgan fingerprint density at radius 2 is 2.15 bits per heavy atom. The summed E-state index contributed by atoms with van der Waals surface area (Å²) in [5.41, 5.74) is 6.79. The monoisotopic (exact) mass is 280 g/mol. The summed E-state index contributed by atoms with van der Waals surface area (Å²) in [7, 11) is 0. The van der Waals surface area contributed by atoms with Gasteiger partial charge in [-0.2, -0.15) is 0 Å². The maximum atomic E-state index is 12.1. The van der Waals surface area contributed by atoms with Gasteiger partial charge in [0.05, 0.1) is 18.3 Å². The second kappa shape index (κ2) is 6.85. The molecular weight excluding hydrogens is 256 g/mol. The van der Waals surface area contributed by atoms with Crippen LogP contribution in [0.25, 0.3) is 0 Å². The second-order valence-corrected chi connectivity index (χ2v) is 5.43. The van der Waals surface area contributed by atoms with E-state index >= 15 is 0 Å². The van der Waals surface area contributed by atoms with Crippen LogP contribution in [0.4, 0.5) is 0 Å². The third-order valence-electron chi connectivity index (χ3n) is 3.66. The van der Waals surface area contributed by atoms with Crippen molar-refractivity contribution in [2.24, 2.45) is 5.73 Å². The molecule has 112 valence electrons. The first kappa shape index (κ1) is 15.0. The molecule has 2 rings (SSSR count). The SMILES string of the molecule is CCC[C@H](N)C(=O)N1CCN(Cc2cc(C)no2)CC1. The van der Waals surface area contributed by atoms with E-state index in [1.54, 1.807) is 0 Å². The zero-order chi connectivity index (χ0) is 14.5. The van der Waals surface area contributed by atoms with Crippen LogP contribution in [0.2, 0.25) is 0 Å². The largest absolute Gasteiger partial charge is 0.360 e. The van der Waals surface area contributed by atoms with Crippen LogP contribution in [-0.4, -0.2) is 53.1 Å². The molecule has 0 saturated carbocycles. The van der Waals surface area contributed by atoms with Crippen molar-refractivity contribution in [1.82, 2.24) is 15.0 Å². The summed E-state index contributed by atoms with van der Waals surface area (Å²) in [6.07, 6.45) is 1.70. The van der Waals surface area contributed by atoms with Gasteiger partial charge in [-0.05, 0) is 13.3 Å². The number of piperazine rings is 1. The topological polar surface area (TPSA) is 75.6 Å². The summed E-state index contributed by atoms with van der Waals surface area (Å²) in [5.74, 6) is 0.965. The Kier molecular flexibility index (Phi) is 5.14. The zero-order valence-electron chi connectivity index (χ0n) is 12.3. The average Bonchev–Trinajstić information content (AvgIpc) is 2.84. The molecule has 0 spiro atoms. The van der Waals surface area contributed by atoms with Crippen molar-refractivity contribution in [1.29, 1.82) is 0 Å². The Morgan fingerprint density at radius 1 is 1.45 bits per heavy atom. The number of rotatable bonds is 5. The highest BCUT2D eigenvalue weighted by molar-refractivity contribution is 5.81. The van der Waals surface area contributed by atoms with Crippen LogP contribution in [0.1, 0.15) is 31.2 Å². The number of hydrogen-bond donors (Lipinski definition) is 1. The Morgan fingerprint density at radius 3 is 2.70 bits per heavy atom. The summed E-state index contributed by atoms with van der Waals surface area (Å²) >= 11 is 0. The minimum atomic E-state index is -0.344. The van der Waals surface area contributed by atoms with Crippen LogP contribution >= 0.6 is 0 Å². The van der Waals surface area contributed by atoms with Gasteiger partial charge in [-0.15, -0.1) is 0 Å². The highest BCUT2D eigenvalue weighted by Crippen LogP contribution is 2.11. The molecule has 1 saturated heterocycles. The van der Waals surface area contributed by atoms with Gasteiger partial charge in [-0.1, -0.05) is 18.5 Å². The summed E-state index contributed by atoms with van der Waals surface area (Å²) in [5, 5.41) is 3.89. The minimum Gasteiger partial charge on any atom is -0.360 e. The third-order valence-corrected chi connectivity index (χ3v) is 3.66. The quantitative estimate of drug-likeness (QED) is 0.861. The van der Waals surface area contributed by atoms with E-state index in [0.29, 0.717) is 0 Å². The fourth-order valence-electron chi connectivity index (χ4n) is 2.51. The molecule has 2 N–H and O–H groups in total. The summed E-state index contributed by atoms with van der Waals surface area (Å²) in [6.45, 7) is 7.90. The number of nitrogens with two attached hydrogens (primary N) is 1. The Bertz CT molecular complexity index is 438. The first-order chi connectivity index (χ1) is 9.60. The molecule has 1 amide bonds. The van der Waals surface area contributed by atoms with Gasteiger partial charge >= 0.3 is 0 Å². The highest BCUT2D eigenvalue weighted by Gasteiger charge is 2.25. The molecule has 6 nitrogen and oxygen atoms in total. The summed E-state index contributed by atoms with van der Waals surface area (Å²) in [6, 6.07) is 1.61. The van der Waals surface area contributed by atoms with E-state index in [-0.39, 0.29) is 11.9 Å². The summed E-state index contributed by atoms with van der Waals surface area (Å²) < 4.78 is 5.22. The molecular formula is C14H24N4O2. The first-order valence-electron chi connectivity index (χ1n) is 7.29. The van der Waals surface area contributed by atoms with Gasteiger partial charge in [0.2, 0.25) is 5.91 Å². The van der Waals surface area contributed by atoms with Crippen LogP contribution in [0, 0.1) is 6.92 Å². The van der Waals surface area contributed by atoms with Crippen molar-refractivity contribution in [3.05, 3.63) is 17.5 Å². The second-order valence-electron chi connectivity index (χ2n) is 5.43. The third kappa shape index (κ3) is 3.80. The number of nitrogens with zero attached hydrogens (tertiary/aromatic N) is 3. The lowest BCUT2D eigenvalue weighted by Crippen LogP contribution is -2.52.